The average molecular weight is 487 g/mol. The summed E-state index contributed by atoms with van der Waals surface area (Å²) in [7, 11) is 0. The van der Waals surface area contributed by atoms with Crippen LogP contribution in [0, 0.1) is 5.92 Å². The van der Waals surface area contributed by atoms with Crippen molar-refractivity contribution in [2.24, 2.45) is 10.9 Å². The van der Waals surface area contributed by atoms with Crippen LogP contribution in [0.1, 0.15) is 42.6 Å². The fraction of sp³-hybridized carbons (Fsp3) is 0.526. The zero-order valence-corrected chi connectivity index (χ0v) is 18.3. The third-order valence-corrected chi connectivity index (χ3v) is 3.96. The molecule has 27 heavy (non-hydrogen) atoms. The second-order valence-corrected chi connectivity index (χ2v) is 6.25. The molecule has 8 heteroatoms. The predicted octanol–water partition coefficient (Wildman–Crippen LogP) is 1.64. The number of hydrogen-bond donors (Lipinski definition) is 4. The first-order valence-corrected chi connectivity index (χ1v) is 9.31. The van der Waals surface area contributed by atoms with Gasteiger partial charge in [0.2, 0.25) is 5.91 Å². The molecule has 1 aromatic rings. The number of nitrogens with one attached hydrogen (secondary N) is 4. The van der Waals surface area contributed by atoms with Gasteiger partial charge in [0, 0.05) is 37.7 Å². The third kappa shape index (κ3) is 8.59. The number of carbonyl (C=O) groups excluding carboxylic acids is 2. The monoisotopic (exact) mass is 487 g/mol. The topological polar surface area (TPSA) is 94.6 Å². The number of amides is 2. The molecule has 1 aliphatic carbocycles. The molecular weight excluding hydrogens is 457 g/mol. The molecule has 7 nitrogen and oxygen atoms in total. The van der Waals surface area contributed by atoms with E-state index in [0.29, 0.717) is 37.7 Å². The zero-order chi connectivity index (χ0) is 18.8. The predicted molar refractivity (Wildman–Crippen MR) is 118 cm³/mol. The van der Waals surface area contributed by atoms with E-state index in [4.69, 9.17) is 0 Å². The maximum absolute atomic E-state index is 11.9. The van der Waals surface area contributed by atoms with Crippen molar-refractivity contribution in [1.82, 2.24) is 21.3 Å². The minimum Gasteiger partial charge on any atom is -0.357 e. The van der Waals surface area contributed by atoms with Crippen LogP contribution in [0.4, 0.5) is 0 Å². The quantitative estimate of drug-likeness (QED) is 0.184. The molecule has 1 aliphatic rings. The van der Waals surface area contributed by atoms with Gasteiger partial charge in [0.25, 0.3) is 5.91 Å². The van der Waals surface area contributed by atoms with Crippen molar-refractivity contribution in [1.29, 1.82) is 0 Å². The molecule has 0 spiro atoms. The first kappa shape index (κ1) is 23.2. The number of benzene rings is 1. The number of guanidine groups is 1. The Morgan fingerprint density at radius 2 is 1.74 bits per heavy atom. The smallest absolute Gasteiger partial charge is 0.251 e. The lowest BCUT2D eigenvalue weighted by molar-refractivity contribution is -0.122. The van der Waals surface area contributed by atoms with Crippen molar-refractivity contribution < 1.29 is 9.59 Å². The summed E-state index contributed by atoms with van der Waals surface area (Å²) in [6.45, 7) is 6.91. The largest absolute Gasteiger partial charge is 0.357 e. The summed E-state index contributed by atoms with van der Waals surface area (Å²) in [5.41, 5.74) is 1.60. The van der Waals surface area contributed by atoms with E-state index in [1.54, 1.807) is 6.07 Å². The number of carbonyl (C=O) groups is 2. The van der Waals surface area contributed by atoms with E-state index >= 15 is 0 Å². The Hall–Kier alpha value is -1.84. The Labute approximate surface area is 178 Å². The van der Waals surface area contributed by atoms with E-state index in [-0.39, 0.29) is 41.7 Å². The summed E-state index contributed by atoms with van der Waals surface area (Å²) < 4.78 is 0. The molecule has 0 saturated heterocycles. The van der Waals surface area contributed by atoms with Crippen molar-refractivity contribution in [2.45, 2.75) is 33.2 Å². The van der Waals surface area contributed by atoms with Gasteiger partial charge in [0.1, 0.15) is 0 Å². The molecule has 0 unspecified atom stereocenters. The summed E-state index contributed by atoms with van der Waals surface area (Å²) in [6, 6.07) is 7.47. The first-order valence-electron chi connectivity index (χ1n) is 9.31. The molecule has 2 amide bonds. The lowest BCUT2D eigenvalue weighted by Crippen LogP contribution is -2.41. The third-order valence-electron chi connectivity index (χ3n) is 3.96. The molecule has 0 aromatic heterocycles. The Morgan fingerprint density at radius 3 is 2.41 bits per heavy atom. The van der Waals surface area contributed by atoms with Crippen LogP contribution in [0.2, 0.25) is 0 Å². The van der Waals surface area contributed by atoms with Gasteiger partial charge in [0.05, 0.1) is 6.54 Å². The van der Waals surface area contributed by atoms with Gasteiger partial charge < -0.3 is 21.3 Å². The van der Waals surface area contributed by atoms with Crippen LogP contribution in [-0.2, 0) is 11.3 Å². The minimum absolute atomic E-state index is 0. The first-order chi connectivity index (χ1) is 12.6. The average Bonchev–Trinajstić information content (AvgIpc) is 3.48. The van der Waals surface area contributed by atoms with Crippen molar-refractivity contribution >= 4 is 41.8 Å². The highest BCUT2D eigenvalue weighted by Crippen LogP contribution is 2.28. The van der Waals surface area contributed by atoms with Gasteiger partial charge in [0.15, 0.2) is 5.96 Å². The number of halogens is 1. The van der Waals surface area contributed by atoms with Crippen LogP contribution < -0.4 is 21.3 Å². The lowest BCUT2D eigenvalue weighted by Gasteiger charge is -2.12. The standard InChI is InChI=1S/C19H29N5O2.HI/c1-3-20-18(26)16-7-5-6-14(12-16)13-24-19(21-4-2)23-11-10-22-17(25)15-8-9-15;/h5-7,12,15H,3-4,8-11,13H2,1-2H3,(H,20,26)(H,22,25)(H2,21,23,24);1H. The summed E-state index contributed by atoms with van der Waals surface area (Å²) in [4.78, 5) is 28.1. The molecule has 0 heterocycles. The van der Waals surface area contributed by atoms with Crippen LogP contribution in [0.3, 0.4) is 0 Å². The van der Waals surface area contributed by atoms with E-state index in [1.807, 2.05) is 32.0 Å². The van der Waals surface area contributed by atoms with E-state index < -0.39 is 0 Å². The SMILES string of the molecule is CCNC(=O)c1cccc(CN=C(NCC)NCCNC(=O)C2CC2)c1.I. The van der Waals surface area contributed by atoms with Gasteiger partial charge >= 0.3 is 0 Å². The summed E-state index contributed by atoms with van der Waals surface area (Å²) in [5, 5.41) is 12.1. The number of hydrogen-bond acceptors (Lipinski definition) is 3. The van der Waals surface area contributed by atoms with Gasteiger partial charge in [-0.3, -0.25) is 9.59 Å². The fourth-order valence-corrected chi connectivity index (χ4v) is 2.44. The van der Waals surface area contributed by atoms with Crippen LogP contribution in [0.5, 0.6) is 0 Å². The lowest BCUT2D eigenvalue weighted by atomic mass is 10.1. The highest BCUT2D eigenvalue weighted by Gasteiger charge is 2.28. The Bertz CT molecular complexity index is 647. The molecule has 0 bridgehead atoms. The molecular formula is C19H30IN5O2. The minimum atomic E-state index is -0.0743. The molecule has 0 aliphatic heterocycles. The molecule has 150 valence electrons. The van der Waals surface area contributed by atoms with Crippen molar-refractivity contribution in [2.75, 3.05) is 26.2 Å². The number of aliphatic imine (C=N–C) groups is 1. The van der Waals surface area contributed by atoms with Gasteiger partial charge in [-0.05, 0) is 44.4 Å². The van der Waals surface area contributed by atoms with E-state index in [0.717, 1.165) is 24.9 Å². The molecule has 4 N–H and O–H groups in total. The molecule has 1 fully saturated rings. The molecule has 1 saturated carbocycles. The summed E-state index contributed by atoms with van der Waals surface area (Å²) in [6.07, 6.45) is 2.03. The molecule has 2 rings (SSSR count). The van der Waals surface area contributed by atoms with Crippen molar-refractivity contribution in [3.63, 3.8) is 0 Å². The van der Waals surface area contributed by atoms with Crippen LogP contribution in [0.25, 0.3) is 0 Å². The van der Waals surface area contributed by atoms with Gasteiger partial charge in [-0.25, -0.2) is 4.99 Å². The van der Waals surface area contributed by atoms with Crippen molar-refractivity contribution in [3.05, 3.63) is 35.4 Å². The second kappa shape index (κ2) is 12.5. The molecule has 0 atom stereocenters. The van der Waals surface area contributed by atoms with E-state index in [1.165, 1.54) is 0 Å². The normalized spacial score (nSPS) is 13.3. The van der Waals surface area contributed by atoms with Crippen molar-refractivity contribution in [3.8, 4) is 0 Å². The zero-order valence-electron chi connectivity index (χ0n) is 16.0. The maximum Gasteiger partial charge on any atom is 0.251 e. The Morgan fingerprint density at radius 1 is 1.04 bits per heavy atom. The van der Waals surface area contributed by atoms with Gasteiger partial charge in [-0.15, -0.1) is 24.0 Å². The van der Waals surface area contributed by atoms with Crippen LogP contribution in [-0.4, -0.2) is 44.0 Å². The van der Waals surface area contributed by atoms with Crippen LogP contribution in [0.15, 0.2) is 29.3 Å². The van der Waals surface area contributed by atoms with Gasteiger partial charge in [-0.1, -0.05) is 12.1 Å². The molecule has 0 radical (unpaired) electrons. The van der Waals surface area contributed by atoms with E-state index in [2.05, 4.69) is 26.3 Å². The summed E-state index contributed by atoms with van der Waals surface area (Å²) in [5.74, 6) is 0.997. The van der Waals surface area contributed by atoms with Crippen LogP contribution >= 0.6 is 24.0 Å². The number of rotatable bonds is 9. The van der Waals surface area contributed by atoms with E-state index in [9.17, 15) is 9.59 Å². The maximum atomic E-state index is 11.9. The fourth-order valence-electron chi connectivity index (χ4n) is 2.44. The highest BCUT2D eigenvalue weighted by molar-refractivity contribution is 14.0. The Balaban J connectivity index is 0.00000364. The van der Waals surface area contributed by atoms with Gasteiger partial charge in [-0.2, -0.15) is 0 Å². The summed E-state index contributed by atoms with van der Waals surface area (Å²) >= 11 is 0. The second-order valence-electron chi connectivity index (χ2n) is 6.25. The highest BCUT2D eigenvalue weighted by atomic mass is 127. The number of nitrogens with zero attached hydrogens (tertiary/aromatic N) is 1. The Kier molecular flexibility index (Phi) is 10.8. The molecule has 1 aromatic carbocycles.